The Labute approximate surface area is 179 Å². The number of nitrogens with one attached hydrogen (secondary N) is 3. The van der Waals surface area contributed by atoms with Crippen molar-refractivity contribution in [2.24, 2.45) is 11.7 Å². The Hall–Kier alpha value is -3.53. The Balaban J connectivity index is 2.19. The zero-order valence-corrected chi connectivity index (χ0v) is 17.4. The average molecular weight is 429 g/mol. The zero-order valence-electron chi connectivity index (χ0n) is 17.4. The Morgan fingerprint density at radius 1 is 1.19 bits per heavy atom. The van der Waals surface area contributed by atoms with E-state index < -0.39 is 41.7 Å². The minimum Gasteiger partial charge on any atom is -0.480 e. The summed E-state index contributed by atoms with van der Waals surface area (Å²) in [5.41, 5.74) is 4.88. The van der Waals surface area contributed by atoms with Crippen LogP contribution in [-0.2, 0) is 20.8 Å². The molecule has 0 aliphatic carbocycles. The van der Waals surface area contributed by atoms with E-state index in [4.69, 9.17) is 5.73 Å². The number of carboxylic acid groups (broad SMARTS) is 1. The van der Waals surface area contributed by atoms with Gasteiger partial charge in [-0.15, -0.1) is 0 Å². The number of hydrogen-bond acceptors (Lipinski definition) is 6. The van der Waals surface area contributed by atoms with E-state index in [9.17, 15) is 24.3 Å². The Morgan fingerprint density at radius 2 is 1.87 bits per heavy atom. The summed E-state index contributed by atoms with van der Waals surface area (Å²) in [5.74, 6) is -3.44. The topological polar surface area (TPSA) is 167 Å². The number of aromatic amines is 1. The van der Waals surface area contributed by atoms with Crippen molar-refractivity contribution >= 4 is 23.6 Å². The highest BCUT2D eigenvalue weighted by molar-refractivity contribution is 6.13. The maximum absolute atomic E-state index is 13.0. The maximum Gasteiger partial charge on any atom is 0.326 e. The summed E-state index contributed by atoms with van der Waals surface area (Å²) in [6.07, 6.45) is 2.70. The van der Waals surface area contributed by atoms with Gasteiger partial charge in [0.05, 0.1) is 12.9 Å². The van der Waals surface area contributed by atoms with E-state index >= 15 is 0 Å². The molecule has 0 unspecified atom stereocenters. The van der Waals surface area contributed by atoms with Crippen LogP contribution in [0.15, 0.2) is 42.9 Å². The van der Waals surface area contributed by atoms with Gasteiger partial charge in [0.15, 0.2) is 11.3 Å². The molecule has 1 aromatic heterocycles. The van der Waals surface area contributed by atoms with Crippen LogP contribution in [-0.4, -0.2) is 56.8 Å². The fraction of sp³-hybridized carbons (Fsp3) is 0.381. The number of aliphatic carboxylic acids is 1. The molecule has 0 fully saturated rings. The second-order valence-corrected chi connectivity index (χ2v) is 7.69. The fourth-order valence-electron chi connectivity index (χ4n) is 2.98. The highest BCUT2D eigenvalue weighted by Gasteiger charge is 2.43. The number of carboxylic acids is 1. The number of carbonyl (C=O) groups excluding carboxylic acids is 3. The van der Waals surface area contributed by atoms with Crippen molar-refractivity contribution in [2.75, 3.05) is 6.54 Å². The number of benzene rings is 1. The number of Topliss-reactive ketones (excluding diaryl/α,β-unsaturated/α-hetero) is 1. The van der Waals surface area contributed by atoms with E-state index in [1.807, 2.05) is 13.8 Å². The van der Waals surface area contributed by atoms with Crippen LogP contribution in [0.2, 0.25) is 0 Å². The molecule has 2 atom stereocenters. The number of H-pyrrole nitrogens is 1. The fourth-order valence-corrected chi connectivity index (χ4v) is 2.98. The molecular weight excluding hydrogens is 402 g/mol. The van der Waals surface area contributed by atoms with Crippen molar-refractivity contribution < 1.29 is 24.3 Å². The number of ketones is 1. The number of imidazole rings is 1. The number of hydrogen-bond donors (Lipinski definition) is 5. The minimum absolute atomic E-state index is 0.0120. The summed E-state index contributed by atoms with van der Waals surface area (Å²) in [5, 5.41) is 14.2. The van der Waals surface area contributed by atoms with Crippen molar-refractivity contribution in [1.29, 1.82) is 0 Å². The van der Waals surface area contributed by atoms with Crippen LogP contribution in [0.25, 0.3) is 0 Å². The molecule has 10 heteroatoms. The lowest BCUT2D eigenvalue weighted by Gasteiger charge is -2.28. The normalized spacial score (nSPS) is 13.8. The second kappa shape index (κ2) is 10.5. The van der Waals surface area contributed by atoms with Crippen molar-refractivity contribution in [3.05, 3.63) is 54.1 Å². The Morgan fingerprint density at radius 3 is 2.42 bits per heavy atom. The summed E-state index contributed by atoms with van der Waals surface area (Å²) in [7, 11) is 0. The van der Waals surface area contributed by atoms with Gasteiger partial charge in [-0.3, -0.25) is 14.4 Å². The average Bonchev–Trinajstić information content (AvgIpc) is 3.24. The molecule has 0 bridgehead atoms. The van der Waals surface area contributed by atoms with Gasteiger partial charge in [-0.1, -0.05) is 32.0 Å². The standard InChI is InChI=1S/C21H27N5O5/c1-13(2)8-16(19(29)30)26-20(31)21(22,9-15-10-23-12-25-15)17(27)11-24-18(28)14-6-4-3-5-7-14/h3-7,10,12-13,16H,8-9,11,22H2,1-2H3,(H,23,25)(H,24,28)(H,26,31)(H,29,30)/t16-,21+/m0/s1. The van der Waals surface area contributed by atoms with E-state index in [1.165, 1.54) is 12.5 Å². The van der Waals surface area contributed by atoms with Crippen molar-refractivity contribution in [3.8, 4) is 0 Å². The lowest BCUT2D eigenvalue weighted by Crippen LogP contribution is -2.65. The molecule has 0 aliphatic rings. The van der Waals surface area contributed by atoms with E-state index in [-0.39, 0.29) is 18.8 Å². The van der Waals surface area contributed by atoms with E-state index in [2.05, 4.69) is 20.6 Å². The number of carbonyl (C=O) groups is 4. The molecule has 2 amide bonds. The molecule has 31 heavy (non-hydrogen) atoms. The molecule has 166 valence electrons. The molecule has 0 saturated carbocycles. The van der Waals surface area contributed by atoms with Gasteiger partial charge in [0, 0.05) is 23.9 Å². The van der Waals surface area contributed by atoms with E-state index in [1.54, 1.807) is 30.3 Å². The van der Waals surface area contributed by atoms with Gasteiger partial charge in [-0.2, -0.15) is 0 Å². The first kappa shape index (κ1) is 23.7. The molecule has 1 aromatic carbocycles. The third-order valence-corrected chi connectivity index (χ3v) is 4.68. The third-order valence-electron chi connectivity index (χ3n) is 4.68. The quantitative estimate of drug-likeness (QED) is 0.319. The summed E-state index contributed by atoms with van der Waals surface area (Å²) in [6, 6.07) is 7.06. The predicted octanol–water partition coefficient (Wildman–Crippen LogP) is 0.264. The highest BCUT2D eigenvalue weighted by Crippen LogP contribution is 2.14. The molecule has 0 radical (unpaired) electrons. The number of aromatic nitrogens is 2. The molecule has 10 nitrogen and oxygen atoms in total. The first-order valence-corrected chi connectivity index (χ1v) is 9.80. The van der Waals surface area contributed by atoms with Crippen LogP contribution in [0, 0.1) is 5.92 Å². The number of nitrogens with zero attached hydrogens (tertiary/aromatic N) is 1. The van der Waals surface area contributed by atoms with Gasteiger partial charge in [0.25, 0.3) is 5.91 Å². The molecule has 0 spiro atoms. The van der Waals surface area contributed by atoms with Gasteiger partial charge in [-0.05, 0) is 24.5 Å². The summed E-state index contributed by atoms with van der Waals surface area (Å²) in [6.45, 7) is 3.12. The molecular formula is C21H27N5O5. The van der Waals surface area contributed by atoms with Gasteiger partial charge in [0.1, 0.15) is 6.04 Å². The van der Waals surface area contributed by atoms with Crippen LogP contribution < -0.4 is 16.4 Å². The maximum atomic E-state index is 13.0. The first-order valence-electron chi connectivity index (χ1n) is 9.80. The first-order chi connectivity index (χ1) is 14.6. The van der Waals surface area contributed by atoms with Crippen molar-refractivity contribution in [3.63, 3.8) is 0 Å². The largest absolute Gasteiger partial charge is 0.480 e. The van der Waals surface area contributed by atoms with Crippen LogP contribution in [0.3, 0.4) is 0 Å². The summed E-state index contributed by atoms with van der Waals surface area (Å²) in [4.78, 5) is 56.4. The number of rotatable bonds is 11. The van der Waals surface area contributed by atoms with Crippen LogP contribution in [0.5, 0.6) is 0 Å². The third kappa shape index (κ3) is 6.48. The Kier molecular flexibility index (Phi) is 8.03. The molecule has 6 N–H and O–H groups in total. The second-order valence-electron chi connectivity index (χ2n) is 7.69. The predicted molar refractivity (Wildman–Crippen MR) is 112 cm³/mol. The van der Waals surface area contributed by atoms with Crippen LogP contribution in [0.1, 0.15) is 36.3 Å². The highest BCUT2D eigenvalue weighted by atomic mass is 16.4. The number of nitrogens with two attached hydrogens (primary N) is 1. The monoisotopic (exact) mass is 429 g/mol. The van der Waals surface area contributed by atoms with E-state index in [0.29, 0.717) is 11.3 Å². The summed E-state index contributed by atoms with van der Waals surface area (Å²) >= 11 is 0. The zero-order chi connectivity index (χ0) is 23.0. The van der Waals surface area contributed by atoms with Gasteiger partial charge in [0.2, 0.25) is 5.91 Å². The molecule has 0 saturated heterocycles. The molecule has 1 heterocycles. The number of amides is 2. The minimum atomic E-state index is -2.11. The molecule has 2 rings (SSSR count). The van der Waals surface area contributed by atoms with Gasteiger partial charge >= 0.3 is 5.97 Å². The van der Waals surface area contributed by atoms with Crippen LogP contribution >= 0.6 is 0 Å². The van der Waals surface area contributed by atoms with Gasteiger partial charge < -0.3 is 26.5 Å². The van der Waals surface area contributed by atoms with Crippen molar-refractivity contribution in [1.82, 2.24) is 20.6 Å². The lowest BCUT2D eigenvalue weighted by molar-refractivity contribution is -0.145. The SMILES string of the molecule is CC(C)C[C@H](NC(=O)[C@@](N)(Cc1cnc[nH]1)C(=O)CNC(=O)c1ccccc1)C(=O)O. The molecule has 2 aromatic rings. The van der Waals surface area contributed by atoms with Crippen molar-refractivity contribution in [2.45, 2.75) is 38.3 Å². The smallest absolute Gasteiger partial charge is 0.326 e. The molecule has 0 aliphatic heterocycles. The van der Waals surface area contributed by atoms with Crippen LogP contribution in [0.4, 0.5) is 0 Å². The summed E-state index contributed by atoms with van der Waals surface area (Å²) < 4.78 is 0. The Bertz CT molecular complexity index is 914. The van der Waals surface area contributed by atoms with Gasteiger partial charge in [-0.25, -0.2) is 9.78 Å². The lowest BCUT2D eigenvalue weighted by atomic mass is 9.87. The van der Waals surface area contributed by atoms with E-state index in [0.717, 1.165) is 0 Å².